The molecular formula is C21H22N4O3. The molecule has 1 atom stereocenters. The quantitative estimate of drug-likeness (QED) is 0.526. The van der Waals surface area contributed by atoms with Gasteiger partial charge in [-0.2, -0.15) is 5.10 Å². The zero-order chi connectivity index (χ0) is 19.5. The van der Waals surface area contributed by atoms with Gasteiger partial charge in [-0.15, -0.1) is 0 Å². The number of phenolic OH excluding ortho intramolecular Hbond substituents is 1. The SMILES string of the molecule is O=C(NC(Cc1ccccn1)C1CC(O)C1)c1cc(-c2ccccc2O)n[nH]1. The highest BCUT2D eigenvalue weighted by molar-refractivity contribution is 5.93. The third kappa shape index (κ3) is 3.89. The van der Waals surface area contributed by atoms with Crippen molar-refractivity contribution in [1.29, 1.82) is 0 Å². The number of phenols is 1. The number of hydrogen-bond acceptors (Lipinski definition) is 5. The Kier molecular flexibility index (Phi) is 5.08. The van der Waals surface area contributed by atoms with Gasteiger partial charge in [0.25, 0.3) is 5.91 Å². The predicted molar refractivity (Wildman–Crippen MR) is 104 cm³/mol. The van der Waals surface area contributed by atoms with Gasteiger partial charge in [-0.05, 0) is 49.1 Å². The number of aromatic nitrogens is 3. The summed E-state index contributed by atoms with van der Waals surface area (Å²) < 4.78 is 0. The first-order valence-electron chi connectivity index (χ1n) is 9.33. The molecule has 2 heterocycles. The van der Waals surface area contributed by atoms with Crippen LogP contribution in [-0.4, -0.2) is 43.4 Å². The van der Waals surface area contributed by atoms with Crippen LogP contribution in [0.15, 0.2) is 54.7 Å². The van der Waals surface area contributed by atoms with E-state index in [1.807, 2.05) is 18.2 Å². The summed E-state index contributed by atoms with van der Waals surface area (Å²) in [4.78, 5) is 17.1. The number of aliphatic hydroxyl groups is 1. The molecule has 0 radical (unpaired) electrons. The summed E-state index contributed by atoms with van der Waals surface area (Å²) in [6.07, 6.45) is 3.38. The van der Waals surface area contributed by atoms with Crippen molar-refractivity contribution in [2.45, 2.75) is 31.4 Å². The summed E-state index contributed by atoms with van der Waals surface area (Å²) >= 11 is 0. The van der Waals surface area contributed by atoms with Gasteiger partial charge in [0, 0.05) is 29.9 Å². The van der Waals surface area contributed by atoms with E-state index in [1.54, 1.807) is 36.5 Å². The lowest BCUT2D eigenvalue weighted by Crippen LogP contribution is -2.48. The smallest absolute Gasteiger partial charge is 0.269 e. The molecule has 7 heteroatoms. The van der Waals surface area contributed by atoms with Gasteiger partial charge in [-0.3, -0.25) is 14.9 Å². The number of aromatic hydroxyl groups is 1. The van der Waals surface area contributed by atoms with E-state index < -0.39 is 0 Å². The maximum atomic E-state index is 12.8. The van der Waals surface area contributed by atoms with Gasteiger partial charge >= 0.3 is 0 Å². The lowest BCUT2D eigenvalue weighted by atomic mass is 9.76. The Labute approximate surface area is 162 Å². The number of H-pyrrole nitrogens is 1. The van der Waals surface area contributed by atoms with Gasteiger partial charge in [0.05, 0.1) is 11.8 Å². The summed E-state index contributed by atoms with van der Waals surface area (Å²) in [5.41, 5.74) is 2.28. The maximum absolute atomic E-state index is 12.8. The highest BCUT2D eigenvalue weighted by Crippen LogP contribution is 2.32. The van der Waals surface area contributed by atoms with E-state index in [0.717, 1.165) is 5.69 Å². The minimum Gasteiger partial charge on any atom is -0.507 e. The lowest BCUT2D eigenvalue weighted by Gasteiger charge is -2.38. The number of para-hydroxylation sites is 1. The van der Waals surface area contributed by atoms with Crippen molar-refractivity contribution in [2.24, 2.45) is 5.92 Å². The lowest BCUT2D eigenvalue weighted by molar-refractivity contribution is 0.0237. The molecule has 28 heavy (non-hydrogen) atoms. The monoisotopic (exact) mass is 378 g/mol. The van der Waals surface area contributed by atoms with Crippen molar-refractivity contribution in [3.05, 3.63) is 66.1 Å². The Morgan fingerprint density at radius 3 is 2.71 bits per heavy atom. The van der Waals surface area contributed by atoms with Crippen molar-refractivity contribution >= 4 is 5.91 Å². The summed E-state index contributed by atoms with van der Waals surface area (Å²) in [6, 6.07) is 14.1. The number of nitrogens with zero attached hydrogens (tertiary/aromatic N) is 2. The molecule has 1 aliphatic carbocycles. The van der Waals surface area contributed by atoms with Crippen LogP contribution in [0.4, 0.5) is 0 Å². The van der Waals surface area contributed by atoms with Gasteiger partial charge in [0.15, 0.2) is 0 Å². The fraction of sp³-hybridized carbons (Fsp3) is 0.286. The molecule has 0 aliphatic heterocycles. The first-order valence-corrected chi connectivity index (χ1v) is 9.33. The standard InChI is InChI=1S/C21H22N4O3/c26-15-9-13(10-15)17(11-14-5-3-4-8-22-14)23-21(28)19-12-18(24-25-19)16-6-1-2-7-20(16)27/h1-8,12-13,15,17,26-27H,9-11H2,(H,23,28)(H,24,25). The number of carbonyl (C=O) groups is 1. The van der Waals surface area contributed by atoms with Crippen molar-refractivity contribution in [1.82, 2.24) is 20.5 Å². The topological polar surface area (TPSA) is 111 Å². The second kappa shape index (κ2) is 7.82. The molecule has 7 nitrogen and oxygen atoms in total. The van der Waals surface area contributed by atoms with Crippen molar-refractivity contribution in [3.8, 4) is 17.0 Å². The molecule has 1 amide bonds. The van der Waals surface area contributed by atoms with E-state index in [2.05, 4.69) is 20.5 Å². The second-order valence-corrected chi connectivity index (χ2v) is 7.17. The highest BCUT2D eigenvalue weighted by atomic mass is 16.3. The van der Waals surface area contributed by atoms with Crippen molar-refractivity contribution in [2.75, 3.05) is 0 Å². The van der Waals surface area contributed by atoms with Crippen LogP contribution in [0.1, 0.15) is 29.0 Å². The number of aliphatic hydroxyl groups excluding tert-OH is 1. The van der Waals surface area contributed by atoms with Crippen LogP contribution >= 0.6 is 0 Å². The summed E-state index contributed by atoms with van der Waals surface area (Å²) in [7, 11) is 0. The van der Waals surface area contributed by atoms with Gasteiger partial charge in [0.2, 0.25) is 0 Å². The summed E-state index contributed by atoms with van der Waals surface area (Å²) in [6.45, 7) is 0. The molecule has 3 aromatic rings. The molecule has 144 valence electrons. The Morgan fingerprint density at radius 2 is 2.00 bits per heavy atom. The zero-order valence-corrected chi connectivity index (χ0v) is 15.2. The molecule has 1 fully saturated rings. The van der Waals surface area contributed by atoms with Crippen LogP contribution in [0.25, 0.3) is 11.3 Å². The zero-order valence-electron chi connectivity index (χ0n) is 15.2. The number of amides is 1. The van der Waals surface area contributed by atoms with Gasteiger partial charge in [-0.1, -0.05) is 18.2 Å². The number of pyridine rings is 1. The minimum absolute atomic E-state index is 0.109. The van der Waals surface area contributed by atoms with Crippen LogP contribution in [0, 0.1) is 5.92 Å². The Morgan fingerprint density at radius 1 is 1.21 bits per heavy atom. The first-order chi connectivity index (χ1) is 13.6. The van der Waals surface area contributed by atoms with E-state index in [4.69, 9.17) is 0 Å². The summed E-state index contributed by atoms with van der Waals surface area (Å²) in [5.74, 6) is 0.0513. The summed E-state index contributed by atoms with van der Waals surface area (Å²) in [5, 5.41) is 29.6. The number of aromatic amines is 1. The molecule has 1 unspecified atom stereocenters. The molecule has 4 rings (SSSR count). The average Bonchev–Trinajstić information content (AvgIpc) is 3.16. The van der Waals surface area contributed by atoms with E-state index in [9.17, 15) is 15.0 Å². The molecule has 4 N–H and O–H groups in total. The van der Waals surface area contributed by atoms with Crippen LogP contribution in [-0.2, 0) is 6.42 Å². The number of benzene rings is 1. The van der Waals surface area contributed by atoms with E-state index in [1.165, 1.54) is 0 Å². The molecule has 1 aliphatic rings. The molecule has 0 saturated heterocycles. The number of hydrogen-bond donors (Lipinski definition) is 4. The molecule has 1 aromatic carbocycles. The minimum atomic E-state index is -0.298. The third-order valence-electron chi connectivity index (χ3n) is 5.19. The number of carbonyl (C=O) groups excluding carboxylic acids is 1. The van der Waals surface area contributed by atoms with Crippen LogP contribution in [0.3, 0.4) is 0 Å². The van der Waals surface area contributed by atoms with E-state index in [0.29, 0.717) is 36.2 Å². The van der Waals surface area contributed by atoms with E-state index in [-0.39, 0.29) is 29.7 Å². The van der Waals surface area contributed by atoms with Crippen molar-refractivity contribution in [3.63, 3.8) is 0 Å². The van der Waals surface area contributed by atoms with Crippen LogP contribution in [0.2, 0.25) is 0 Å². The van der Waals surface area contributed by atoms with Gasteiger partial charge in [0.1, 0.15) is 11.4 Å². The largest absolute Gasteiger partial charge is 0.507 e. The van der Waals surface area contributed by atoms with Crippen molar-refractivity contribution < 1.29 is 15.0 Å². The molecule has 0 spiro atoms. The van der Waals surface area contributed by atoms with E-state index >= 15 is 0 Å². The molecule has 2 aromatic heterocycles. The normalized spacial score (nSPS) is 19.6. The Hall–Kier alpha value is -3.19. The van der Waals surface area contributed by atoms with Gasteiger partial charge in [-0.25, -0.2) is 0 Å². The fourth-order valence-electron chi connectivity index (χ4n) is 3.55. The molecule has 0 bridgehead atoms. The predicted octanol–water partition coefficient (Wildman–Crippen LogP) is 2.29. The maximum Gasteiger partial charge on any atom is 0.269 e. The van der Waals surface area contributed by atoms with Crippen LogP contribution in [0.5, 0.6) is 5.75 Å². The molecule has 1 saturated carbocycles. The Bertz CT molecular complexity index is 951. The third-order valence-corrected chi connectivity index (χ3v) is 5.19. The fourth-order valence-corrected chi connectivity index (χ4v) is 3.55. The van der Waals surface area contributed by atoms with Crippen LogP contribution < -0.4 is 5.32 Å². The first kappa shape index (κ1) is 18.2. The Balaban J connectivity index is 1.49. The van der Waals surface area contributed by atoms with Gasteiger partial charge < -0.3 is 15.5 Å². The number of nitrogens with one attached hydrogen (secondary N) is 2. The molecular weight excluding hydrogens is 356 g/mol. The average molecular weight is 378 g/mol. The highest BCUT2D eigenvalue weighted by Gasteiger charge is 2.35. The second-order valence-electron chi connectivity index (χ2n) is 7.17. The number of rotatable bonds is 6.